The minimum Gasteiger partial charge on any atom is -0.489 e. The van der Waals surface area contributed by atoms with Crippen LogP contribution in [0.1, 0.15) is 21.5 Å². The molecule has 0 bridgehead atoms. The number of aromatic amines is 1. The molecule has 5 nitrogen and oxygen atoms in total. The van der Waals surface area contributed by atoms with E-state index in [1.165, 1.54) is 0 Å². The standard InChI is InChI=1S/C23H19N3O2/c27-23(18-9-5-2-6-10-18)26-25-15-19-14-24-22-12-11-20(13-21(19)22)28-16-17-7-3-1-4-8-17/h1-15,24H,16H2,(H,26,27)/b25-15-. The monoisotopic (exact) mass is 369 g/mol. The highest BCUT2D eigenvalue weighted by atomic mass is 16.5. The molecule has 138 valence electrons. The van der Waals surface area contributed by atoms with Crippen molar-refractivity contribution < 1.29 is 9.53 Å². The number of amides is 1. The first-order valence-electron chi connectivity index (χ1n) is 8.96. The van der Waals surface area contributed by atoms with E-state index in [0.717, 1.165) is 27.8 Å². The highest BCUT2D eigenvalue weighted by Gasteiger charge is 2.05. The molecule has 0 aliphatic heterocycles. The largest absolute Gasteiger partial charge is 0.489 e. The lowest BCUT2D eigenvalue weighted by Gasteiger charge is -2.06. The molecular weight excluding hydrogens is 350 g/mol. The van der Waals surface area contributed by atoms with Gasteiger partial charge in [-0.2, -0.15) is 5.10 Å². The van der Waals surface area contributed by atoms with E-state index in [-0.39, 0.29) is 5.91 Å². The Balaban J connectivity index is 1.46. The summed E-state index contributed by atoms with van der Waals surface area (Å²) in [6, 6.07) is 24.9. The molecule has 0 spiro atoms. The zero-order valence-electron chi connectivity index (χ0n) is 15.1. The SMILES string of the molecule is O=C(N/N=C\c1c[nH]c2ccc(OCc3ccccc3)cc12)c1ccccc1. The number of nitrogens with zero attached hydrogens (tertiary/aromatic N) is 1. The van der Waals surface area contributed by atoms with Crippen LogP contribution < -0.4 is 10.2 Å². The van der Waals surface area contributed by atoms with Crippen LogP contribution >= 0.6 is 0 Å². The first-order valence-corrected chi connectivity index (χ1v) is 8.96. The van der Waals surface area contributed by atoms with Gasteiger partial charge < -0.3 is 9.72 Å². The number of carbonyl (C=O) groups is 1. The number of aromatic nitrogens is 1. The Labute approximate surface area is 162 Å². The summed E-state index contributed by atoms with van der Waals surface area (Å²) in [6.45, 7) is 0.507. The Bertz CT molecular complexity index is 1100. The minimum absolute atomic E-state index is 0.247. The van der Waals surface area contributed by atoms with Crippen molar-refractivity contribution >= 4 is 23.0 Å². The van der Waals surface area contributed by atoms with Gasteiger partial charge in [0.1, 0.15) is 12.4 Å². The maximum Gasteiger partial charge on any atom is 0.271 e. The van der Waals surface area contributed by atoms with Crippen molar-refractivity contribution in [3.05, 3.63) is 102 Å². The van der Waals surface area contributed by atoms with Crippen molar-refractivity contribution in [1.29, 1.82) is 0 Å². The van der Waals surface area contributed by atoms with Gasteiger partial charge in [0, 0.05) is 28.2 Å². The summed E-state index contributed by atoms with van der Waals surface area (Å²) in [5.74, 6) is 0.530. The van der Waals surface area contributed by atoms with E-state index in [4.69, 9.17) is 4.74 Å². The second-order valence-corrected chi connectivity index (χ2v) is 6.29. The number of carbonyl (C=O) groups excluding carboxylic acids is 1. The van der Waals surface area contributed by atoms with Crippen molar-refractivity contribution in [3.63, 3.8) is 0 Å². The highest BCUT2D eigenvalue weighted by molar-refractivity contribution is 6.00. The van der Waals surface area contributed by atoms with Crippen molar-refractivity contribution in [1.82, 2.24) is 10.4 Å². The van der Waals surface area contributed by atoms with Gasteiger partial charge in [0.25, 0.3) is 5.91 Å². The normalized spacial score (nSPS) is 11.0. The Morgan fingerprint density at radius 3 is 2.54 bits per heavy atom. The van der Waals surface area contributed by atoms with Crippen LogP contribution in [0.25, 0.3) is 10.9 Å². The number of ether oxygens (including phenoxy) is 1. The van der Waals surface area contributed by atoms with Crippen molar-refractivity contribution in [2.45, 2.75) is 6.61 Å². The molecule has 0 fully saturated rings. The van der Waals surface area contributed by atoms with Crippen LogP contribution in [0, 0.1) is 0 Å². The summed E-state index contributed by atoms with van der Waals surface area (Å²) in [6.07, 6.45) is 3.48. The van der Waals surface area contributed by atoms with Crippen LogP contribution in [0.2, 0.25) is 0 Å². The number of H-pyrrole nitrogens is 1. The fraction of sp³-hybridized carbons (Fsp3) is 0.0435. The third-order valence-corrected chi connectivity index (χ3v) is 4.34. The molecule has 4 aromatic rings. The maximum absolute atomic E-state index is 12.1. The first kappa shape index (κ1) is 17.5. The molecule has 5 heteroatoms. The number of hydrogen-bond donors (Lipinski definition) is 2. The fourth-order valence-electron chi connectivity index (χ4n) is 2.87. The Kier molecular flexibility index (Phi) is 5.15. The molecule has 0 saturated carbocycles. The third-order valence-electron chi connectivity index (χ3n) is 4.34. The zero-order valence-corrected chi connectivity index (χ0v) is 15.1. The van der Waals surface area contributed by atoms with Gasteiger partial charge in [-0.05, 0) is 35.9 Å². The van der Waals surface area contributed by atoms with Gasteiger partial charge in [0.15, 0.2) is 0 Å². The van der Waals surface area contributed by atoms with Gasteiger partial charge in [-0.1, -0.05) is 48.5 Å². The molecule has 4 rings (SSSR count). The summed E-state index contributed by atoms with van der Waals surface area (Å²) in [4.78, 5) is 15.3. The van der Waals surface area contributed by atoms with E-state index in [9.17, 15) is 4.79 Å². The second-order valence-electron chi connectivity index (χ2n) is 6.29. The van der Waals surface area contributed by atoms with E-state index < -0.39 is 0 Å². The number of benzene rings is 3. The summed E-state index contributed by atoms with van der Waals surface area (Å²) < 4.78 is 5.90. The summed E-state index contributed by atoms with van der Waals surface area (Å²) in [5.41, 5.74) is 6.07. The first-order chi connectivity index (χ1) is 13.8. The molecule has 3 aromatic carbocycles. The van der Waals surface area contributed by atoms with Gasteiger partial charge in [-0.3, -0.25) is 4.79 Å². The zero-order chi connectivity index (χ0) is 19.2. The van der Waals surface area contributed by atoms with Gasteiger partial charge in [-0.25, -0.2) is 5.43 Å². The van der Waals surface area contributed by atoms with Crippen LogP contribution in [-0.2, 0) is 6.61 Å². The van der Waals surface area contributed by atoms with E-state index in [1.54, 1.807) is 18.3 Å². The van der Waals surface area contributed by atoms with Crippen LogP contribution in [-0.4, -0.2) is 17.1 Å². The molecule has 0 unspecified atom stereocenters. The molecule has 28 heavy (non-hydrogen) atoms. The summed E-state index contributed by atoms with van der Waals surface area (Å²) in [5, 5.41) is 5.05. The molecule has 0 aliphatic carbocycles. The van der Waals surface area contributed by atoms with E-state index in [2.05, 4.69) is 15.5 Å². The lowest BCUT2D eigenvalue weighted by atomic mass is 10.2. The van der Waals surface area contributed by atoms with Crippen molar-refractivity contribution in [2.75, 3.05) is 0 Å². The van der Waals surface area contributed by atoms with Gasteiger partial charge in [0.05, 0.1) is 6.21 Å². The van der Waals surface area contributed by atoms with Gasteiger partial charge in [0.2, 0.25) is 0 Å². The predicted octanol–water partition coefficient (Wildman–Crippen LogP) is 4.51. The second kappa shape index (κ2) is 8.22. The lowest BCUT2D eigenvalue weighted by molar-refractivity contribution is 0.0955. The average Bonchev–Trinajstić information content (AvgIpc) is 3.16. The molecule has 0 saturated heterocycles. The quantitative estimate of drug-likeness (QED) is 0.388. The third kappa shape index (κ3) is 4.10. The van der Waals surface area contributed by atoms with E-state index >= 15 is 0 Å². The van der Waals surface area contributed by atoms with Crippen LogP contribution in [0.4, 0.5) is 0 Å². The molecule has 0 aliphatic rings. The van der Waals surface area contributed by atoms with Gasteiger partial charge >= 0.3 is 0 Å². The Morgan fingerprint density at radius 1 is 1.00 bits per heavy atom. The minimum atomic E-state index is -0.247. The number of rotatable bonds is 6. The molecular formula is C23H19N3O2. The Hall–Kier alpha value is -3.86. The Morgan fingerprint density at radius 2 is 1.75 bits per heavy atom. The molecule has 1 aromatic heterocycles. The molecule has 1 heterocycles. The number of nitrogens with one attached hydrogen (secondary N) is 2. The maximum atomic E-state index is 12.1. The highest BCUT2D eigenvalue weighted by Crippen LogP contribution is 2.23. The summed E-state index contributed by atoms with van der Waals surface area (Å²) >= 11 is 0. The lowest BCUT2D eigenvalue weighted by Crippen LogP contribution is -2.17. The molecule has 2 N–H and O–H groups in total. The number of hydrogen-bond acceptors (Lipinski definition) is 3. The van der Waals surface area contributed by atoms with Crippen LogP contribution in [0.5, 0.6) is 5.75 Å². The fourth-order valence-corrected chi connectivity index (χ4v) is 2.87. The van der Waals surface area contributed by atoms with Gasteiger partial charge in [-0.15, -0.1) is 0 Å². The number of hydrazone groups is 1. The van der Waals surface area contributed by atoms with E-state index in [0.29, 0.717) is 12.2 Å². The molecule has 0 atom stereocenters. The van der Waals surface area contributed by atoms with Crippen LogP contribution in [0.15, 0.2) is 90.2 Å². The molecule has 0 radical (unpaired) electrons. The predicted molar refractivity (Wildman–Crippen MR) is 111 cm³/mol. The van der Waals surface area contributed by atoms with Crippen molar-refractivity contribution in [2.24, 2.45) is 5.10 Å². The topological polar surface area (TPSA) is 66.5 Å². The van der Waals surface area contributed by atoms with Crippen LogP contribution in [0.3, 0.4) is 0 Å². The average molecular weight is 369 g/mol. The smallest absolute Gasteiger partial charge is 0.271 e. The van der Waals surface area contributed by atoms with E-state index in [1.807, 2.05) is 72.9 Å². The number of fused-ring (bicyclic) bond motifs is 1. The molecule has 1 amide bonds. The summed E-state index contributed by atoms with van der Waals surface area (Å²) in [7, 11) is 0. The van der Waals surface area contributed by atoms with Crippen molar-refractivity contribution in [3.8, 4) is 5.75 Å².